The maximum atomic E-state index is 12.6. The number of carbonyl (C=O) groups is 1. The Morgan fingerprint density at radius 2 is 1.79 bits per heavy atom. The molecule has 2 N–H and O–H groups in total. The number of nitrogens with zero attached hydrogens (tertiary/aromatic N) is 3. The number of para-hydroxylation sites is 3. The first kappa shape index (κ1) is 21.3. The molecule has 3 aromatic carbocycles. The number of hydrogen-bond donors (Lipinski definition) is 2. The summed E-state index contributed by atoms with van der Waals surface area (Å²) in [6.07, 6.45) is 1.95. The SMILES string of the molecule is Cc1ccccc1-n1c(SCC(=O)Nc2ccccc2Cl)nnc1-c1c[nH]c2ccccc12. The van der Waals surface area contributed by atoms with E-state index in [1.165, 1.54) is 11.8 Å². The number of halogens is 1. The maximum Gasteiger partial charge on any atom is 0.234 e. The summed E-state index contributed by atoms with van der Waals surface area (Å²) in [5.41, 5.74) is 4.62. The Balaban J connectivity index is 1.50. The van der Waals surface area contributed by atoms with E-state index in [9.17, 15) is 4.79 Å². The van der Waals surface area contributed by atoms with E-state index in [0.717, 1.165) is 33.5 Å². The van der Waals surface area contributed by atoms with Crippen molar-refractivity contribution in [2.75, 3.05) is 11.1 Å². The number of anilines is 1. The fourth-order valence-corrected chi connectivity index (χ4v) is 4.63. The van der Waals surface area contributed by atoms with Crippen molar-refractivity contribution in [3.8, 4) is 17.1 Å². The number of aromatic amines is 1. The van der Waals surface area contributed by atoms with Crippen molar-refractivity contribution in [2.45, 2.75) is 12.1 Å². The van der Waals surface area contributed by atoms with Gasteiger partial charge in [0.1, 0.15) is 0 Å². The van der Waals surface area contributed by atoms with Crippen LogP contribution in [0.3, 0.4) is 0 Å². The van der Waals surface area contributed by atoms with Gasteiger partial charge >= 0.3 is 0 Å². The largest absolute Gasteiger partial charge is 0.360 e. The van der Waals surface area contributed by atoms with Crippen LogP contribution in [0.5, 0.6) is 0 Å². The topological polar surface area (TPSA) is 75.6 Å². The lowest BCUT2D eigenvalue weighted by Crippen LogP contribution is -2.15. The van der Waals surface area contributed by atoms with E-state index in [2.05, 4.69) is 26.6 Å². The van der Waals surface area contributed by atoms with Crippen LogP contribution in [0.15, 0.2) is 84.1 Å². The Hall–Kier alpha value is -3.55. The lowest BCUT2D eigenvalue weighted by Gasteiger charge is -2.12. The second kappa shape index (κ2) is 9.13. The molecular formula is C25H20ClN5OS. The van der Waals surface area contributed by atoms with E-state index in [1.807, 2.05) is 72.3 Å². The van der Waals surface area contributed by atoms with Gasteiger partial charge < -0.3 is 10.3 Å². The molecule has 1 amide bonds. The second-order valence-corrected chi connectivity index (χ2v) is 8.84. The Kier molecular flexibility index (Phi) is 5.90. The molecule has 0 aliphatic rings. The van der Waals surface area contributed by atoms with Crippen molar-refractivity contribution in [2.24, 2.45) is 0 Å². The zero-order chi connectivity index (χ0) is 22.8. The number of thioether (sulfide) groups is 1. The molecular weight excluding hydrogens is 454 g/mol. The number of nitrogens with one attached hydrogen (secondary N) is 2. The fraction of sp³-hybridized carbons (Fsp3) is 0.0800. The Morgan fingerprint density at radius 1 is 1.03 bits per heavy atom. The van der Waals surface area contributed by atoms with Crippen molar-refractivity contribution >= 4 is 45.9 Å². The van der Waals surface area contributed by atoms with Gasteiger partial charge in [-0.15, -0.1) is 10.2 Å². The van der Waals surface area contributed by atoms with Crippen molar-refractivity contribution < 1.29 is 4.79 Å². The first-order chi connectivity index (χ1) is 16.1. The molecule has 2 aromatic heterocycles. The molecule has 6 nitrogen and oxygen atoms in total. The van der Waals surface area contributed by atoms with E-state index >= 15 is 0 Å². The highest BCUT2D eigenvalue weighted by Crippen LogP contribution is 2.33. The molecule has 0 bridgehead atoms. The van der Waals surface area contributed by atoms with Crippen molar-refractivity contribution in [3.05, 3.63) is 89.6 Å². The van der Waals surface area contributed by atoms with E-state index in [-0.39, 0.29) is 11.7 Å². The molecule has 164 valence electrons. The zero-order valence-corrected chi connectivity index (χ0v) is 19.3. The van der Waals surface area contributed by atoms with Gasteiger partial charge in [-0.2, -0.15) is 0 Å². The number of aryl methyl sites for hydroxylation is 1. The summed E-state index contributed by atoms with van der Waals surface area (Å²) in [4.78, 5) is 15.9. The highest BCUT2D eigenvalue weighted by atomic mass is 35.5. The number of hydrogen-bond acceptors (Lipinski definition) is 4. The maximum absolute atomic E-state index is 12.6. The quantitative estimate of drug-likeness (QED) is 0.292. The first-order valence-electron chi connectivity index (χ1n) is 10.4. The lowest BCUT2D eigenvalue weighted by atomic mass is 10.1. The molecule has 2 heterocycles. The molecule has 8 heteroatoms. The standard InChI is InChI=1S/C25H20ClN5OS/c1-16-8-2-7-13-22(16)31-24(18-14-27-20-11-5-3-9-17(18)20)29-30-25(31)33-15-23(32)28-21-12-6-4-10-19(21)26/h2-14,27H,15H2,1H3,(H,28,32). The van der Waals surface area contributed by atoms with Crippen LogP contribution in [-0.2, 0) is 4.79 Å². The molecule has 5 aromatic rings. The van der Waals surface area contributed by atoms with Gasteiger partial charge in [-0.1, -0.05) is 71.9 Å². The average molecular weight is 474 g/mol. The van der Waals surface area contributed by atoms with Gasteiger partial charge in [-0.05, 0) is 36.8 Å². The predicted octanol–water partition coefficient (Wildman–Crippen LogP) is 6.11. The summed E-state index contributed by atoms with van der Waals surface area (Å²) >= 11 is 7.50. The normalized spacial score (nSPS) is 11.1. The van der Waals surface area contributed by atoms with Gasteiger partial charge in [-0.25, -0.2) is 0 Å². The molecule has 0 unspecified atom stereocenters. The minimum absolute atomic E-state index is 0.166. The third-order valence-electron chi connectivity index (χ3n) is 5.30. The average Bonchev–Trinajstić information content (AvgIpc) is 3.43. The van der Waals surface area contributed by atoms with E-state index < -0.39 is 0 Å². The number of fused-ring (bicyclic) bond motifs is 1. The summed E-state index contributed by atoms with van der Waals surface area (Å²) < 4.78 is 2.01. The van der Waals surface area contributed by atoms with Crippen LogP contribution in [-0.4, -0.2) is 31.4 Å². The van der Waals surface area contributed by atoms with Gasteiger partial charge in [0.05, 0.1) is 22.2 Å². The summed E-state index contributed by atoms with van der Waals surface area (Å²) in [5.74, 6) is 0.722. The minimum atomic E-state index is -0.166. The van der Waals surface area contributed by atoms with Gasteiger partial charge in [0, 0.05) is 22.7 Å². The summed E-state index contributed by atoms with van der Waals surface area (Å²) in [6, 6.07) is 23.3. The smallest absolute Gasteiger partial charge is 0.234 e. The molecule has 5 rings (SSSR count). The molecule has 0 saturated carbocycles. The highest BCUT2D eigenvalue weighted by Gasteiger charge is 2.20. The van der Waals surface area contributed by atoms with Crippen molar-refractivity contribution in [1.82, 2.24) is 19.7 Å². The number of rotatable bonds is 6. The molecule has 0 spiro atoms. The van der Waals surface area contributed by atoms with E-state index in [1.54, 1.807) is 12.1 Å². The fourth-order valence-electron chi connectivity index (χ4n) is 3.70. The molecule has 0 aliphatic heterocycles. The number of benzene rings is 3. The Bertz CT molecular complexity index is 1460. The molecule has 0 radical (unpaired) electrons. The molecule has 0 saturated heterocycles. The van der Waals surface area contributed by atoms with Crippen molar-refractivity contribution in [1.29, 1.82) is 0 Å². The minimum Gasteiger partial charge on any atom is -0.360 e. The molecule has 0 atom stereocenters. The van der Waals surface area contributed by atoms with Gasteiger partial charge in [-0.3, -0.25) is 9.36 Å². The number of aromatic nitrogens is 4. The lowest BCUT2D eigenvalue weighted by molar-refractivity contribution is -0.113. The van der Waals surface area contributed by atoms with Crippen LogP contribution in [0, 0.1) is 6.92 Å². The summed E-state index contributed by atoms with van der Waals surface area (Å²) in [6.45, 7) is 2.05. The number of carbonyl (C=O) groups excluding carboxylic acids is 1. The van der Waals surface area contributed by atoms with Gasteiger partial charge in [0.2, 0.25) is 5.91 Å². The zero-order valence-electron chi connectivity index (χ0n) is 17.7. The monoisotopic (exact) mass is 473 g/mol. The summed E-state index contributed by atoms with van der Waals surface area (Å²) in [7, 11) is 0. The van der Waals surface area contributed by atoms with Crippen LogP contribution in [0.1, 0.15) is 5.56 Å². The number of H-pyrrole nitrogens is 1. The van der Waals surface area contributed by atoms with Gasteiger partial charge in [0.15, 0.2) is 11.0 Å². The number of amides is 1. The molecule has 0 fully saturated rings. The first-order valence-corrected chi connectivity index (χ1v) is 11.7. The molecule has 0 aliphatic carbocycles. The highest BCUT2D eigenvalue weighted by molar-refractivity contribution is 7.99. The Morgan fingerprint density at radius 3 is 2.64 bits per heavy atom. The van der Waals surface area contributed by atoms with Crippen LogP contribution < -0.4 is 5.32 Å². The predicted molar refractivity (Wildman–Crippen MR) is 134 cm³/mol. The summed E-state index contributed by atoms with van der Waals surface area (Å²) in [5, 5.41) is 14.0. The third kappa shape index (κ3) is 4.25. The van der Waals surface area contributed by atoms with Crippen LogP contribution >= 0.6 is 23.4 Å². The van der Waals surface area contributed by atoms with E-state index in [4.69, 9.17) is 11.6 Å². The van der Waals surface area contributed by atoms with Crippen LogP contribution in [0.2, 0.25) is 5.02 Å². The third-order valence-corrected chi connectivity index (χ3v) is 6.56. The van der Waals surface area contributed by atoms with Gasteiger partial charge in [0.25, 0.3) is 0 Å². The van der Waals surface area contributed by atoms with Crippen molar-refractivity contribution in [3.63, 3.8) is 0 Å². The second-order valence-electron chi connectivity index (χ2n) is 7.49. The van der Waals surface area contributed by atoms with Crippen LogP contribution in [0.25, 0.3) is 28.0 Å². The Labute approximate surface area is 200 Å². The van der Waals surface area contributed by atoms with Crippen LogP contribution in [0.4, 0.5) is 5.69 Å². The van der Waals surface area contributed by atoms with E-state index in [0.29, 0.717) is 15.9 Å². The molecule has 33 heavy (non-hydrogen) atoms.